The van der Waals surface area contributed by atoms with Crippen LogP contribution in [-0.4, -0.2) is 30.2 Å². The molecule has 2 aliphatic carbocycles. The molecule has 1 saturated heterocycles. The Hall–Kier alpha value is -2.29. The van der Waals surface area contributed by atoms with E-state index in [9.17, 15) is 10.4 Å². The molecule has 34 heavy (non-hydrogen) atoms. The Kier molecular flexibility index (Phi) is 6.73. The summed E-state index contributed by atoms with van der Waals surface area (Å²) < 4.78 is 18.2. The predicted octanol–water partition coefficient (Wildman–Crippen LogP) is 6.30. The lowest BCUT2D eigenvalue weighted by molar-refractivity contribution is -0.154. The highest BCUT2D eigenvalue weighted by atomic mass is 16.7. The quantitative estimate of drug-likeness (QED) is 0.435. The molecule has 2 fully saturated rings. The standard InChI is InChI=1S/C29H37NO4/c1-2-3-4-5-6-7-8-9-10-11-21-16-22-17-26-27-24(19-32-26)29(33-14-15-34-29)13-12-28(27,20-30)23(22)18-25(21)31/h10-11,16,18-19,26-27,31H,2-9,12-15,17H2,1H3/b11-10+/t26-,27-,28-/m1/s1. The van der Waals surface area contributed by atoms with Crippen LogP contribution >= 0.6 is 0 Å². The van der Waals surface area contributed by atoms with Gasteiger partial charge in [-0.05, 0) is 42.5 Å². The highest BCUT2D eigenvalue weighted by Gasteiger charge is 2.63. The van der Waals surface area contributed by atoms with Gasteiger partial charge < -0.3 is 19.3 Å². The topological polar surface area (TPSA) is 71.7 Å². The van der Waals surface area contributed by atoms with Crippen molar-refractivity contribution in [2.24, 2.45) is 5.92 Å². The Morgan fingerprint density at radius 2 is 1.85 bits per heavy atom. The van der Waals surface area contributed by atoms with E-state index in [1.54, 1.807) is 6.26 Å². The van der Waals surface area contributed by atoms with E-state index in [2.05, 4.69) is 25.1 Å². The van der Waals surface area contributed by atoms with Crippen molar-refractivity contribution in [1.29, 1.82) is 5.26 Å². The Bertz CT molecular complexity index is 1000. The molecule has 0 unspecified atom stereocenters. The molecule has 182 valence electrons. The van der Waals surface area contributed by atoms with Gasteiger partial charge in [-0.2, -0.15) is 5.26 Å². The summed E-state index contributed by atoms with van der Waals surface area (Å²) in [6.45, 7) is 3.39. The average Bonchev–Trinajstić information content (AvgIpc) is 3.50. The summed E-state index contributed by atoms with van der Waals surface area (Å²) in [5, 5.41) is 21.3. The number of hydrogen-bond acceptors (Lipinski definition) is 5. The highest BCUT2D eigenvalue weighted by molar-refractivity contribution is 5.63. The van der Waals surface area contributed by atoms with Crippen LogP contribution in [0.1, 0.15) is 87.8 Å². The monoisotopic (exact) mass is 463 g/mol. The lowest BCUT2D eigenvalue weighted by Crippen LogP contribution is -2.54. The molecular formula is C29H37NO4. The first kappa shape index (κ1) is 23.5. The van der Waals surface area contributed by atoms with Gasteiger partial charge in [0.15, 0.2) is 5.79 Å². The van der Waals surface area contributed by atoms with Crippen LogP contribution in [0.3, 0.4) is 0 Å². The minimum absolute atomic E-state index is 0.0961. The fourth-order valence-corrected chi connectivity index (χ4v) is 6.52. The lowest BCUT2D eigenvalue weighted by Gasteiger charge is -2.49. The Morgan fingerprint density at radius 1 is 1.09 bits per heavy atom. The van der Waals surface area contributed by atoms with Gasteiger partial charge in [0.05, 0.1) is 31.0 Å². The number of allylic oxidation sites excluding steroid dienone is 1. The van der Waals surface area contributed by atoms with E-state index in [-0.39, 0.29) is 17.8 Å². The number of phenolic OH excluding ortho intramolecular Hbond substituents is 1. The molecule has 2 heterocycles. The molecule has 5 nitrogen and oxygen atoms in total. The van der Waals surface area contributed by atoms with Crippen molar-refractivity contribution < 1.29 is 19.3 Å². The van der Waals surface area contributed by atoms with Gasteiger partial charge in [-0.25, -0.2) is 0 Å². The zero-order chi connectivity index (χ0) is 23.6. The number of fused-ring (bicyclic) bond motifs is 3. The van der Waals surface area contributed by atoms with Crippen molar-refractivity contribution in [3.05, 3.63) is 46.7 Å². The number of hydrogen-bond donors (Lipinski definition) is 1. The van der Waals surface area contributed by atoms with Crippen molar-refractivity contribution in [1.82, 2.24) is 0 Å². The Balaban J connectivity index is 1.31. The second-order valence-corrected chi connectivity index (χ2v) is 10.3. The zero-order valence-electron chi connectivity index (χ0n) is 20.4. The normalized spacial score (nSPS) is 28.4. The van der Waals surface area contributed by atoms with Crippen LogP contribution in [0.15, 0.2) is 30.0 Å². The van der Waals surface area contributed by atoms with Gasteiger partial charge in [-0.3, -0.25) is 0 Å². The molecule has 4 aliphatic rings. The molecule has 5 rings (SSSR count). The van der Waals surface area contributed by atoms with E-state index in [4.69, 9.17) is 14.2 Å². The van der Waals surface area contributed by atoms with Crippen molar-refractivity contribution >= 4 is 6.08 Å². The fourth-order valence-electron chi connectivity index (χ4n) is 6.52. The van der Waals surface area contributed by atoms with E-state index >= 15 is 0 Å². The van der Waals surface area contributed by atoms with Crippen molar-refractivity contribution in [3.8, 4) is 11.8 Å². The second kappa shape index (κ2) is 9.76. The first-order valence-corrected chi connectivity index (χ1v) is 13.2. The molecule has 0 aromatic heterocycles. The summed E-state index contributed by atoms with van der Waals surface area (Å²) in [7, 11) is 0. The number of ether oxygens (including phenoxy) is 3. The van der Waals surface area contributed by atoms with Gasteiger partial charge in [-0.15, -0.1) is 0 Å². The maximum Gasteiger partial charge on any atom is 0.194 e. The van der Waals surface area contributed by atoms with E-state index in [1.807, 2.05) is 12.1 Å². The number of benzene rings is 1. The van der Waals surface area contributed by atoms with Gasteiger partial charge in [0.2, 0.25) is 0 Å². The van der Waals surface area contributed by atoms with Crippen LogP contribution in [-0.2, 0) is 26.0 Å². The number of rotatable bonds is 9. The van der Waals surface area contributed by atoms with Gasteiger partial charge in [-0.1, -0.05) is 57.6 Å². The summed E-state index contributed by atoms with van der Waals surface area (Å²) in [6, 6.07) is 6.56. The summed E-state index contributed by atoms with van der Waals surface area (Å²) in [5.74, 6) is -0.589. The van der Waals surface area contributed by atoms with Crippen LogP contribution < -0.4 is 0 Å². The van der Waals surface area contributed by atoms with Gasteiger partial charge in [0.25, 0.3) is 0 Å². The molecule has 0 radical (unpaired) electrons. The molecule has 2 aliphatic heterocycles. The minimum atomic E-state index is -0.738. The molecule has 0 bridgehead atoms. The third kappa shape index (κ3) is 3.95. The fraction of sp³-hybridized carbons (Fsp3) is 0.621. The molecule has 0 amide bonds. The van der Waals surface area contributed by atoms with Crippen LogP contribution in [0.25, 0.3) is 6.08 Å². The van der Waals surface area contributed by atoms with Gasteiger partial charge in [0, 0.05) is 29.9 Å². The number of aromatic hydroxyl groups is 1. The molecule has 1 aromatic carbocycles. The Morgan fingerprint density at radius 3 is 2.62 bits per heavy atom. The molecule has 5 heteroatoms. The Labute approximate surface area is 203 Å². The SMILES string of the molecule is CCCCCCCCC/C=C/c1cc2c(cc1O)[C@]1(C#N)CCC3(OCCO3)C3=CO[C@H](C2)[C@@H]31. The lowest BCUT2D eigenvalue weighted by atomic mass is 9.54. The van der Waals surface area contributed by atoms with Crippen LogP contribution in [0.2, 0.25) is 0 Å². The highest BCUT2D eigenvalue weighted by Crippen LogP contribution is 2.60. The molecule has 1 aromatic rings. The zero-order valence-corrected chi connectivity index (χ0v) is 20.4. The summed E-state index contributed by atoms with van der Waals surface area (Å²) in [4.78, 5) is 0. The average molecular weight is 464 g/mol. The van der Waals surface area contributed by atoms with E-state index in [0.29, 0.717) is 26.1 Å². The van der Waals surface area contributed by atoms with Crippen molar-refractivity contribution in [2.45, 2.75) is 94.9 Å². The minimum Gasteiger partial charge on any atom is -0.507 e. The van der Waals surface area contributed by atoms with Crippen LogP contribution in [0.4, 0.5) is 0 Å². The van der Waals surface area contributed by atoms with E-state index in [1.165, 1.54) is 44.9 Å². The molecule has 3 atom stereocenters. The maximum absolute atomic E-state index is 10.9. The van der Waals surface area contributed by atoms with E-state index in [0.717, 1.165) is 35.1 Å². The summed E-state index contributed by atoms with van der Waals surface area (Å²) in [6.07, 6.45) is 18.0. The number of phenols is 1. The molecule has 1 N–H and O–H groups in total. The molecular weight excluding hydrogens is 426 g/mol. The van der Waals surface area contributed by atoms with Crippen molar-refractivity contribution in [2.75, 3.05) is 13.2 Å². The van der Waals surface area contributed by atoms with Crippen molar-refractivity contribution in [3.63, 3.8) is 0 Å². The third-order valence-corrected chi connectivity index (χ3v) is 8.28. The number of nitrogens with zero attached hydrogens (tertiary/aromatic N) is 1. The third-order valence-electron chi connectivity index (χ3n) is 8.28. The number of unbranched alkanes of at least 4 members (excludes halogenated alkanes) is 7. The van der Waals surface area contributed by atoms with Crippen LogP contribution in [0, 0.1) is 17.2 Å². The van der Waals surface area contributed by atoms with E-state index < -0.39 is 11.2 Å². The summed E-state index contributed by atoms with van der Waals surface area (Å²) >= 11 is 0. The largest absolute Gasteiger partial charge is 0.507 e. The molecule has 1 spiro atoms. The predicted molar refractivity (Wildman–Crippen MR) is 131 cm³/mol. The first-order chi connectivity index (χ1) is 16.6. The van der Waals surface area contributed by atoms with Gasteiger partial charge >= 0.3 is 0 Å². The number of nitriles is 1. The first-order valence-electron chi connectivity index (χ1n) is 13.2. The molecule has 1 saturated carbocycles. The second-order valence-electron chi connectivity index (χ2n) is 10.3. The van der Waals surface area contributed by atoms with Gasteiger partial charge in [0.1, 0.15) is 11.9 Å². The smallest absolute Gasteiger partial charge is 0.194 e. The summed E-state index contributed by atoms with van der Waals surface area (Å²) in [5.41, 5.74) is 3.12. The van der Waals surface area contributed by atoms with Crippen LogP contribution in [0.5, 0.6) is 5.75 Å². The maximum atomic E-state index is 10.9.